The molecular weight excluding hydrogens is 381 g/mol. The van der Waals surface area contributed by atoms with Crippen LogP contribution in [0.5, 0.6) is 0 Å². The number of rotatable bonds is 3. The Labute approximate surface area is 160 Å². The number of thioether (sulfide) groups is 1. The Kier molecular flexibility index (Phi) is 5.30. The van der Waals surface area contributed by atoms with Crippen molar-refractivity contribution in [3.63, 3.8) is 0 Å². The molecule has 0 unspecified atom stereocenters. The Morgan fingerprint density at radius 3 is 2.54 bits per heavy atom. The van der Waals surface area contributed by atoms with Crippen molar-refractivity contribution in [3.8, 4) is 0 Å². The molecule has 3 rings (SSSR count). The zero-order chi connectivity index (χ0) is 17.3. The van der Waals surface area contributed by atoms with Crippen molar-refractivity contribution in [2.24, 2.45) is 0 Å². The molecule has 0 N–H and O–H groups in total. The summed E-state index contributed by atoms with van der Waals surface area (Å²) in [6.45, 7) is 1.97. The van der Waals surface area contributed by atoms with Crippen LogP contribution >= 0.6 is 47.2 Å². The maximum absolute atomic E-state index is 12.8. The monoisotopic (exact) mass is 393 g/mol. The Morgan fingerprint density at radius 2 is 1.88 bits per heavy atom. The molecule has 1 amide bonds. The molecule has 1 aliphatic rings. The SMILES string of the molecule is C[C@@H](c1ccccc1)N1C(=O)/C(=C/c2ccc(Cl)cc2Cl)SC1=S. The van der Waals surface area contributed by atoms with Gasteiger partial charge in [-0.05, 0) is 36.3 Å². The summed E-state index contributed by atoms with van der Waals surface area (Å²) in [6.07, 6.45) is 1.76. The van der Waals surface area contributed by atoms with E-state index in [1.54, 1.807) is 29.2 Å². The van der Waals surface area contributed by atoms with E-state index >= 15 is 0 Å². The molecule has 0 saturated carbocycles. The molecule has 24 heavy (non-hydrogen) atoms. The quantitative estimate of drug-likeness (QED) is 0.474. The van der Waals surface area contributed by atoms with Gasteiger partial charge in [-0.15, -0.1) is 0 Å². The van der Waals surface area contributed by atoms with E-state index < -0.39 is 0 Å². The van der Waals surface area contributed by atoms with Crippen LogP contribution in [0.25, 0.3) is 6.08 Å². The molecule has 2 aromatic carbocycles. The first kappa shape index (κ1) is 17.5. The molecule has 0 bridgehead atoms. The van der Waals surface area contributed by atoms with Crippen molar-refractivity contribution in [1.82, 2.24) is 4.90 Å². The lowest BCUT2D eigenvalue weighted by molar-refractivity contribution is -0.123. The second-order valence-electron chi connectivity index (χ2n) is 5.30. The van der Waals surface area contributed by atoms with E-state index in [-0.39, 0.29) is 11.9 Å². The zero-order valence-corrected chi connectivity index (χ0v) is 15.8. The van der Waals surface area contributed by atoms with Crippen LogP contribution in [0.4, 0.5) is 0 Å². The van der Waals surface area contributed by atoms with Crippen LogP contribution in [-0.2, 0) is 4.79 Å². The minimum absolute atomic E-state index is 0.104. The number of hydrogen-bond donors (Lipinski definition) is 0. The van der Waals surface area contributed by atoms with Gasteiger partial charge in [-0.1, -0.05) is 83.6 Å². The summed E-state index contributed by atoms with van der Waals surface area (Å²) in [5.74, 6) is -0.104. The number of amides is 1. The average molecular weight is 394 g/mol. The van der Waals surface area contributed by atoms with Gasteiger partial charge in [0, 0.05) is 10.0 Å². The predicted octanol–water partition coefficient (Wildman–Crippen LogP) is 5.96. The first-order valence-corrected chi connectivity index (χ1v) is 9.22. The van der Waals surface area contributed by atoms with Gasteiger partial charge in [0.05, 0.1) is 10.9 Å². The van der Waals surface area contributed by atoms with Crippen molar-refractivity contribution in [2.45, 2.75) is 13.0 Å². The number of nitrogens with zero attached hydrogens (tertiary/aromatic N) is 1. The van der Waals surface area contributed by atoms with Crippen LogP contribution in [-0.4, -0.2) is 15.1 Å². The summed E-state index contributed by atoms with van der Waals surface area (Å²) >= 11 is 18.8. The topological polar surface area (TPSA) is 20.3 Å². The van der Waals surface area contributed by atoms with E-state index in [9.17, 15) is 4.79 Å². The first-order chi connectivity index (χ1) is 11.5. The number of carbonyl (C=O) groups excluding carboxylic acids is 1. The van der Waals surface area contributed by atoms with Gasteiger partial charge in [0.25, 0.3) is 5.91 Å². The van der Waals surface area contributed by atoms with Crippen LogP contribution in [0, 0.1) is 0 Å². The molecule has 0 spiro atoms. The van der Waals surface area contributed by atoms with E-state index in [0.29, 0.717) is 19.3 Å². The maximum atomic E-state index is 12.8. The molecule has 6 heteroatoms. The van der Waals surface area contributed by atoms with Gasteiger partial charge in [-0.2, -0.15) is 0 Å². The molecular formula is C18H13Cl2NOS2. The zero-order valence-electron chi connectivity index (χ0n) is 12.7. The number of carbonyl (C=O) groups is 1. The second-order valence-corrected chi connectivity index (χ2v) is 7.82. The van der Waals surface area contributed by atoms with Crippen LogP contribution in [0.15, 0.2) is 53.4 Å². The van der Waals surface area contributed by atoms with Gasteiger partial charge >= 0.3 is 0 Å². The van der Waals surface area contributed by atoms with Crippen molar-refractivity contribution >= 4 is 63.5 Å². The second kappa shape index (κ2) is 7.28. The summed E-state index contributed by atoms with van der Waals surface area (Å²) in [6, 6.07) is 14.9. The normalized spacial score (nSPS) is 17.6. The smallest absolute Gasteiger partial charge is 0.266 e. The van der Waals surface area contributed by atoms with Crippen LogP contribution in [0.2, 0.25) is 10.0 Å². The molecule has 1 aliphatic heterocycles. The highest BCUT2D eigenvalue weighted by atomic mass is 35.5. The molecule has 1 heterocycles. The first-order valence-electron chi connectivity index (χ1n) is 7.24. The Bertz CT molecular complexity index is 836. The summed E-state index contributed by atoms with van der Waals surface area (Å²) in [5.41, 5.74) is 1.79. The fraction of sp³-hybridized carbons (Fsp3) is 0.111. The lowest BCUT2D eigenvalue weighted by Gasteiger charge is -2.23. The third-order valence-corrected chi connectivity index (χ3v) is 5.63. The summed E-state index contributed by atoms with van der Waals surface area (Å²) in [7, 11) is 0. The standard InChI is InChI=1S/C18H13Cl2NOS2/c1-11(12-5-3-2-4-6-12)21-17(22)16(24-18(21)23)9-13-7-8-14(19)10-15(13)20/h2-11H,1H3/b16-9-/t11-/m0/s1. The van der Waals surface area contributed by atoms with E-state index in [1.807, 2.05) is 37.3 Å². The predicted molar refractivity (Wildman–Crippen MR) is 106 cm³/mol. The molecule has 122 valence electrons. The summed E-state index contributed by atoms with van der Waals surface area (Å²) < 4.78 is 0.549. The molecule has 2 nitrogen and oxygen atoms in total. The molecule has 1 atom stereocenters. The minimum atomic E-state index is -0.120. The molecule has 0 aliphatic carbocycles. The van der Waals surface area contributed by atoms with Crippen LogP contribution < -0.4 is 0 Å². The molecule has 0 radical (unpaired) electrons. The van der Waals surface area contributed by atoms with Crippen molar-refractivity contribution in [1.29, 1.82) is 0 Å². The van der Waals surface area contributed by atoms with Gasteiger partial charge in [-0.3, -0.25) is 9.69 Å². The number of halogens is 2. The minimum Gasteiger partial charge on any atom is -0.286 e. The summed E-state index contributed by atoms with van der Waals surface area (Å²) in [5, 5.41) is 1.06. The Morgan fingerprint density at radius 1 is 1.17 bits per heavy atom. The third kappa shape index (κ3) is 3.52. The average Bonchev–Trinajstić information content (AvgIpc) is 2.84. The fourth-order valence-corrected chi connectivity index (χ4v) is 4.33. The number of benzene rings is 2. The van der Waals surface area contributed by atoms with Crippen molar-refractivity contribution in [3.05, 3.63) is 74.6 Å². The van der Waals surface area contributed by atoms with Crippen molar-refractivity contribution < 1.29 is 4.79 Å². The van der Waals surface area contributed by atoms with E-state index in [0.717, 1.165) is 11.1 Å². The van der Waals surface area contributed by atoms with Gasteiger partial charge < -0.3 is 0 Å². The molecule has 2 aromatic rings. The van der Waals surface area contributed by atoms with E-state index in [1.165, 1.54) is 11.8 Å². The van der Waals surface area contributed by atoms with Crippen LogP contribution in [0.3, 0.4) is 0 Å². The lowest BCUT2D eigenvalue weighted by Crippen LogP contribution is -2.30. The third-order valence-electron chi connectivity index (χ3n) is 3.74. The highest BCUT2D eigenvalue weighted by Gasteiger charge is 2.35. The van der Waals surface area contributed by atoms with Gasteiger partial charge in [0.1, 0.15) is 4.32 Å². The largest absolute Gasteiger partial charge is 0.286 e. The summed E-state index contributed by atoms with van der Waals surface area (Å²) in [4.78, 5) is 15.0. The van der Waals surface area contributed by atoms with Gasteiger partial charge in [0.15, 0.2) is 0 Å². The van der Waals surface area contributed by atoms with Crippen LogP contribution in [0.1, 0.15) is 24.1 Å². The van der Waals surface area contributed by atoms with Crippen molar-refractivity contribution in [2.75, 3.05) is 0 Å². The molecule has 1 saturated heterocycles. The number of thiocarbonyl (C=S) groups is 1. The Hall–Kier alpha value is -1.33. The lowest BCUT2D eigenvalue weighted by atomic mass is 10.1. The maximum Gasteiger partial charge on any atom is 0.266 e. The highest BCUT2D eigenvalue weighted by molar-refractivity contribution is 8.26. The Balaban J connectivity index is 1.90. The van der Waals surface area contributed by atoms with E-state index in [4.69, 9.17) is 35.4 Å². The fourth-order valence-electron chi connectivity index (χ4n) is 2.45. The number of hydrogen-bond acceptors (Lipinski definition) is 3. The van der Waals surface area contributed by atoms with E-state index in [2.05, 4.69) is 0 Å². The van der Waals surface area contributed by atoms with Gasteiger partial charge in [0.2, 0.25) is 0 Å². The van der Waals surface area contributed by atoms with Gasteiger partial charge in [-0.25, -0.2) is 0 Å². The molecule has 1 fully saturated rings. The molecule has 0 aromatic heterocycles. The highest BCUT2D eigenvalue weighted by Crippen LogP contribution is 2.38.